The Balaban J connectivity index is 1.09. The molecule has 0 spiro atoms. The van der Waals surface area contributed by atoms with Crippen LogP contribution < -0.4 is 4.74 Å². The van der Waals surface area contributed by atoms with Crippen molar-refractivity contribution in [3.05, 3.63) is 54.4 Å². The van der Waals surface area contributed by atoms with Crippen LogP contribution in [0.5, 0.6) is 5.88 Å². The molecule has 0 atom stereocenters. The number of nitriles is 2. The van der Waals surface area contributed by atoms with Gasteiger partial charge in [-0.2, -0.15) is 15.6 Å². The van der Waals surface area contributed by atoms with Gasteiger partial charge >= 0.3 is 0 Å². The Morgan fingerprint density at radius 3 is 2.76 bits per heavy atom. The third-order valence-corrected chi connectivity index (χ3v) is 7.79. The molecule has 0 unspecified atom stereocenters. The fraction of sp³-hybridized carbons (Fsp3) is 0.407. The van der Waals surface area contributed by atoms with Crippen LogP contribution in [0.15, 0.2) is 43.1 Å². The molecule has 4 aromatic rings. The summed E-state index contributed by atoms with van der Waals surface area (Å²) >= 11 is 0. The van der Waals surface area contributed by atoms with Crippen LogP contribution in [0.1, 0.15) is 30.5 Å². The molecule has 6 rings (SSSR count). The number of nitrogens with zero attached hydrogens (tertiary/aromatic N) is 9. The Bertz CT molecular complexity index is 1530. The molecule has 11 heteroatoms. The first kappa shape index (κ1) is 24.0. The van der Waals surface area contributed by atoms with E-state index in [2.05, 4.69) is 47.0 Å². The molecule has 0 amide bonds. The van der Waals surface area contributed by atoms with Crippen molar-refractivity contribution in [3.8, 4) is 29.3 Å². The number of piperidine rings is 1. The van der Waals surface area contributed by atoms with Gasteiger partial charge in [-0.3, -0.25) is 14.5 Å². The average Bonchev–Trinajstić information content (AvgIpc) is 3.61. The second-order valence-corrected chi connectivity index (χ2v) is 10.1. The smallest absolute Gasteiger partial charge is 0.231 e. The summed E-state index contributed by atoms with van der Waals surface area (Å²) in [6, 6.07) is 10.6. The van der Waals surface area contributed by atoms with E-state index in [1.807, 2.05) is 35.4 Å². The van der Waals surface area contributed by atoms with Crippen molar-refractivity contribution < 1.29 is 4.74 Å². The van der Waals surface area contributed by atoms with E-state index in [0.29, 0.717) is 23.9 Å². The predicted molar refractivity (Wildman–Crippen MR) is 139 cm³/mol. The molecule has 1 N–H and O–H groups in total. The Morgan fingerprint density at radius 1 is 1.16 bits per heavy atom. The van der Waals surface area contributed by atoms with Crippen molar-refractivity contribution in [2.45, 2.75) is 37.4 Å². The van der Waals surface area contributed by atoms with Crippen LogP contribution in [-0.4, -0.2) is 78.8 Å². The van der Waals surface area contributed by atoms with Gasteiger partial charge in [0.05, 0.1) is 37.2 Å². The van der Waals surface area contributed by atoms with Gasteiger partial charge in [0.2, 0.25) is 5.88 Å². The number of rotatable bonds is 7. The van der Waals surface area contributed by atoms with Gasteiger partial charge < -0.3 is 9.72 Å². The fourth-order valence-electron chi connectivity index (χ4n) is 5.74. The van der Waals surface area contributed by atoms with Crippen molar-refractivity contribution in [1.29, 1.82) is 10.5 Å². The minimum atomic E-state index is -0.322. The molecule has 0 radical (unpaired) electrons. The third-order valence-electron chi connectivity index (χ3n) is 7.79. The van der Waals surface area contributed by atoms with Crippen molar-refractivity contribution in [2.24, 2.45) is 0 Å². The lowest BCUT2D eigenvalue weighted by Crippen LogP contribution is -2.66. The van der Waals surface area contributed by atoms with Crippen LogP contribution in [-0.2, 0) is 12.1 Å². The number of ether oxygens (including phenoxy) is 1. The number of pyridine rings is 1. The lowest BCUT2D eigenvalue weighted by Gasteiger charge is -2.53. The van der Waals surface area contributed by atoms with E-state index in [1.165, 1.54) is 0 Å². The number of aromatic nitrogens is 6. The zero-order chi connectivity index (χ0) is 26.1. The summed E-state index contributed by atoms with van der Waals surface area (Å²) in [5.74, 6) is 0.383. The van der Waals surface area contributed by atoms with E-state index in [-0.39, 0.29) is 5.54 Å². The predicted octanol–water partition coefficient (Wildman–Crippen LogP) is 2.69. The summed E-state index contributed by atoms with van der Waals surface area (Å²) in [4.78, 5) is 21.3. The van der Waals surface area contributed by atoms with Crippen LogP contribution in [0.3, 0.4) is 0 Å². The van der Waals surface area contributed by atoms with Crippen LogP contribution in [0.2, 0.25) is 0 Å². The second-order valence-electron chi connectivity index (χ2n) is 10.1. The highest BCUT2D eigenvalue weighted by Crippen LogP contribution is 2.37. The number of nitrogens with one attached hydrogen (secondary N) is 1. The van der Waals surface area contributed by atoms with Crippen molar-refractivity contribution >= 4 is 11.0 Å². The maximum absolute atomic E-state index is 9.63. The number of likely N-dealkylation sites (tertiary alicyclic amines) is 2. The van der Waals surface area contributed by atoms with Gasteiger partial charge in [0, 0.05) is 62.1 Å². The molecule has 38 heavy (non-hydrogen) atoms. The molecule has 2 aliphatic heterocycles. The number of aromatic amines is 1. The van der Waals surface area contributed by atoms with Crippen LogP contribution in [0, 0.1) is 22.7 Å². The van der Waals surface area contributed by atoms with Gasteiger partial charge in [0.1, 0.15) is 29.1 Å². The van der Waals surface area contributed by atoms with E-state index in [4.69, 9.17) is 4.74 Å². The SMILES string of the molecule is COc1nc(CN2CCC(N3CC(CC#N)(n4cc(-c5ncnc6[nH]ccc56)cn4)C3)CC2)ccc1C#N. The van der Waals surface area contributed by atoms with Gasteiger partial charge in [-0.25, -0.2) is 15.0 Å². The molecule has 0 aliphatic carbocycles. The van der Waals surface area contributed by atoms with E-state index < -0.39 is 0 Å². The highest BCUT2D eigenvalue weighted by molar-refractivity contribution is 5.90. The van der Waals surface area contributed by atoms with Gasteiger partial charge in [0.15, 0.2) is 0 Å². The maximum Gasteiger partial charge on any atom is 0.231 e. The van der Waals surface area contributed by atoms with E-state index in [0.717, 1.165) is 73.6 Å². The summed E-state index contributed by atoms with van der Waals surface area (Å²) in [6.07, 6.45) is 9.81. The fourth-order valence-corrected chi connectivity index (χ4v) is 5.74. The maximum atomic E-state index is 9.63. The topological polar surface area (TPSA) is 136 Å². The minimum Gasteiger partial charge on any atom is -0.480 e. The Morgan fingerprint density at radius 2 is 2.00 bits per heavy atom. The summed E-state index contributed by atoms with van der Waals surface area (Å²) < 4.78 is 7.23. The van der Waals surface area contributed by atoms with E-state index >= 15 is 0 Å². The summed E-state index contributed by atoms with van der Waals surface area (Å²) in [5, 5.41) is 24.5. The highest BCUT2D eigenvalue weighted by atomic mass is 16.5. The quantitative estimate of drug-likeness (QED) is 0.399. The molecule has 192 valence electrons. The zero-order valence-corrected chi connectivity index (χ0v) is 21.2. The summed E-state index contributed by atoms with van der Waals surface area (Å²) in [6.45, 7) is 4.31. The molecule has 0 saturated carbocycles. The molecule has 2 fully saturated rings. The number of fused-ring (bicyclic) bond motifs is 1. The van der Waals surface area contributed by atoms with Crippen LogP contribution in [0.4, 0.5) is 0 Å². The largest absolute Gasteiger partial charge is 0.480 e. The lowest BCUT2D eigenvalue weighted by atomic mass is 9.84. The first-order valence-corrected chi connectivity index (χ1v) is 12.7. The normalized spacial score (nSPS) is 18.1. The lowest BCUT2D eigenvalue weighted by molar-refractivity contribution is -0.0437. The molecule has 4 aromatic heterocycles. The van der Waals surface area contributed by atoms with Crippen molar-refractivity contribution in [3.63, 3.8) is 0 Å². The third kappa shape index (κ3) is 4.26. The van der Waals surface area contributed by atoms with Crippen LogP contribution >= 0.6 is 0 Å². The van der Waals surface area contributed by atoms with Crippen molar-refractivity contribution in [2.75, 3.05) is 33.3 Å². The number of hydrogen-bond donors (Lipinski definition) is 1. The standard InChI is InChI=1S/C27H28N10O/c1-38-26-19(12-29)2-3-21(34-26)15-35-10-5-22(6-11-35)36-16-27(17-36,7-8-28)37-14-20(13-33-37)24-23-4-9-30-25(23)32-18-31-24/h2-4,9,13-14,18,22H,5-7,10-11,15-17H2,1H3,(H,30,31,32). The molecular weight excluding hydrogens is 480 g/mol. The molecule has 0 aromatic carbocycles. The highest BCUT2D eigenvalue weighted by Gasteiger charge is 2.48. The van der Waals surface area contributed by atoms with Gasteiger partial charge in [-0.1, -0.05) is 0 Å². The Labute approximate surface area is 220 Å². The monoisotopic (exact) mass is 508 g/mol. The molecule has 2 aliphatic rings. The molecule has 2 saturated heterocycles. The molecule has 0 bridgehead atoms. The molecular formula is C27H28N10O. The van der Waals surface area contributed by atoms with E-state index in [9.17, 15) is 10.5 Å². The minimum absolute atomic E-state index is 0.322. The summed E-state index contributed by atoms with van der Waals surface area (Å²) in [7, 11) is 1.54. The average molecular weight is 509 g/mol. The van der Waals surface area contributed by atoms with Gasteiger partial charge in [-0.05, 0) is 31.0 Å². The first-order chi connectivity index (χ1) is 18.6. The number of hydrogen-bond acceptors (Lipinski definition) is 9. The zero-order valence-electron chi connectivity index (χ0n) is 21.2. The van der Waals surface area contributed by atoms with E-state index in [1.54, 1.807) is 19.5 Å². The second kappa shape index (κ2) is 9.86. The summed E-state index contributed by atoms with van der Waals surface area (Å²) in [5.41, 5.74) is 3.60. The van der Waals surface area contributed by atoms with Crippen LogP contribution in [0.25, 0.3) is 22.3 Å². The van der Waals surface area contributed by atoms with Gasteiger partial charge in [-0.15, -0.1) is 0 Å². The molecule has 6 heterocycles. The van der Waals surface area contributed by atoms with Gasteiger partial charge in [0.25, 0.3) is 0 Å². The van der Waals surface area contributed by atoms with Crippen molar-refractivity contribution in [1.82, 2.24) is 39.5 Å². The molecule has 11 nitrogen and oxygen atoms in total. The number of H-pyrrole nitrogens is 1. The first-order valence-electron chi connectivity index (χ1n) is 12.7. The Kier molecular flexibility index (Phi) is 6.24. The Hall–Kier alpha value is -4.32. The number of methoxy groups -OCH3 is 1.